The average Bonchev–Trinajstić information content (AvgIpc) is 2.85. The van der Waals surface area contributed by atoms with Crippen LogP contribution in [0.3, 0.4) is 0 Å². The molecule has 168 valence electrons. The van der Waals surface area contributed by atoms with E-state index in [0.29, 0.717) is 10.0 Å². The van der Waals surface area contributed by atoms with Gasteiger partial charge < -0.3 is 4.74 Å². The van der Waals surface area contributed by atoms with Gasteiger partial charge in [-0.1, -0.05) is 65.7 Å². The topological polar surface area (TPSA) is 18.0 Å². The molecule has 33 heavy (non-hydrogen) atoms. The Balaban J connectivity index is 2.13. The summed E-state index contributed by atoms with van der Waals surface area (Å²) in [4.78, 5) is 7.62. The van der Waals surface area contributed by atoms with Crippen molar-refractivity contribution >= 4 is 29.3 Å². The zero-order valence-corrected chi connectivity index (χ0v) is 20.1. The lowest BCUT2D eigenvalue weighted by molar-refractivity contribution is 0.415. The van der Waals surface area contributed by atoms with Crippen molar-refractivity contribution < 1.29 is 4.74 Å². The fourth-order valence-electron chi connectivity index (χ4n) is 4.49. The van der Waals surface area contributed by atoms with Crippen molar-refractivity contribution in [2.45, 2.75) is 37.3 Å². The monoisotopic (exact) mass is 476 g/mol. The smallest absolute Gasteiger partial charge is 0.497 e. The van der Waals surface area contributed by atoms with E-state index in [9.17, 15) is 0 Å². The molecule has 5 heteroatoms. The van der Waals surface area contributed by atoms with Crippen molar-refractivity contribution in [2.24, 2.45) is 5.92 Å². The third kappa shape index (κ3) is 5.33. The van der Waals surface area contributed by atoms with Crippen LogP contribution in [-0.2, 0) is 0 Å². The van der Waals surface area contributed by atoms with Crippen LogP contribution >= 0.6 is 23.2 Å². The number of hydrogen-bond donors (Lipinski definition) is 0. The number of allylic oxidation sites excluding steroid dienone is 2. The number of ether oxygens (including phenoxy) is 1. The fourth-order valence-corrected chi connectivity index (χ4v) is 5.14. The molecule has 0 amide bonds. The first-order chi connectivity index (χ1) is 16.0. The lowest BCUT2D eigenvalue weighted by atomic mass is 9.70. The Morgan fingerprint density at radius 2 is 1.82 bits per heavy atom. The van der Waals surface area contributed by atoms with E-state index in [1.165, 1.54) is 0 Å². The van der Waals surface area contributed by atoms with Gasteiger partial charge in [-0.3, -0.25) is 0 Å². The highest BCUT2D eigenvalue weighted by molar-refractivity contribution is 6.36. The van der Waals surface area contributed by atoms with Gasteiger partial charge >= 0.3 is 5.66 Å². The van der Waals surface area contributed by atoms with E-state index >= 15 is 0 Å². The number of methoxy groups -OCH3 is 1. The largest absolute Gasteiger partial charge is 0.509 e. The minimum absolute atomic E-state index is 0.0752. The molecule has 1 aliphatic carbocycles. The summed E-state index contributed by atoms with van der Waals surface area (Å²) in [6, 6.07) is 13.3. The van der Waals surface area contributed by atoms with E-state index in [2.05, 4.69) is 28.4 Å². The van der Waals surface area contributed by atoms with Crippen LogP contribution in [0.15, 0.2) is 72.8 Å². The first kappa shape index (κ1) is 24.7. The van der Waals surface area contributed by atoms with Gasteiger partial charge in [-0.2, -0.15) is 0 Å². The minimum Gasteiger partial charge on any atom is -0.497 e. The molecular formula is C28H26Cl2N2O. The van der Waals surface area contributed by atoms with Gasteiger partial charge in [0.2, 0.25) is 0 Å². The number of rotatable bonds is 8. The maximum Gasteiger partial charge on any atom is 0.509 e. The second kappa shape index (κ2) is 11.2. The molecule has 1 aliphatic rings. The first-order valence-corrected chi connectivity index (χ1v) is 11.6. The molecule has 3 rings (SSSR count). The summed E-state index contributed by atoms with van der Waals surface area (Å²) >= 11 is 13.3. The van der Waals surface area contributed by atoms with Crippen LogP contribution in [0, 0.1) is 19.1 Å². The van der Waals surface area contributed by atoms with Crippen LogP contribution in [0.2, 0.25) is 10.0 Å². The molecule has 0 radical (unpaired) electrons. The van der Waals surface area contributed by atoms with Gasteiger partial charge in [0.05, 0.1) is 7.11 Å². The van der Waals surface area contributed by atoms with E-state index < -0.39 is 5.66 Å². The predicted molar refractivity (Wildman–Crippen MR) is 137 cm³/mol. The summed E-state index contributed by atoms with van der Waals surface area (Å²) in [5.41, 5.74) is 1.40. The quantitative estimate of drug-likeness (QED) is 0.275. The zero-order valence-electron chi connectivity index (χ0n) is 18.6. The summed E-state index contributed by atoms with van der Waals surface area (Å²) in [7, 11) is 1.64. The summed E-state index contributed by atoms with van der Waals surface area (Å²) in [6.45, 7) is 19.6. The van der Waals surface area contributed by atoms with Gasteiger partial charge in [-0.25, -0.2) is 22.8 Å². The van der Waals surface area contributed by atoms with E-state index in [1.807, 2.05) is 48.5 Å². The highest BCUT2D eigenvalue weighted by Crippen LogP contribution is 2.48. The molecule has 0 aromatic heterocycles. The van der Waals surface area contributed by atoms with Gasteiger partial charge in [-0.05, 0) is 54.7 Å². The molecule has 0 bridgehead atoms. The molecule has 2 aromatic carbocycles. The van der Waals surface area contributed by atoms with Gasteiger partial charge in [0, 0.05) is 21.9 Å². The molecule has 0 unspecified atom stereocenters. The van der Waals surface area contributed by atoms with E-state index in [1.54, 1.807) is 13.2 Å². The molecule has 3 nitrogen and oxygen atoms in total. The summed E-state index contributed by atoms with van der Waals surface area (Å²) in [6.07, 6.45) is 10.8. The highest BCUT2D eigenvalue weighted by atomic mass is 35.5. The second-order valence-electron chi connectivity index (χ2n) is 8.02. The van der Waals surface area contributed by atoms with Crippen molar-refractivity contribution in [3.8, 4) is 5.75 Å². The second-order valence-corrected chi connectivity index (χ2v) is 8.84. The summed E-state index contributed by atoms with van der Waals surface area (Å²) in [5, 5.41) is 1.16. The predicted octanol–water partition coefficient (Wildman–Crippen LogP) is 8.64. The molecule has 2 atom stereocenters. The van der Waals surface area contributed by atoms with E-state index in [0.717, 1.165) is 41.7 Å². The normalized spacial score (nSPS) is 17.0. The van der Waals surface area contributed by atoms with Gasteiger partial charge in [0.15, 0.2) is 0 Å². The Morgan fingerprint density at radius 3 is 2.39 bits per heavy atom. The number of hydrogen-bond acceptors (Lipinski definition) is 1. The van der Waals surface area contributed by atoms with Crippen LogP contribution < -0.4 is 4.74 Å². The van der Waals surface area contributed by atoms with Crippen molar-refractivity contribution in [2.75, 3.05) is 7.11 Å². The van der Waals surface area contributed by atoms with E-state index in [-0.39, 0.29) is 18.3 Å². The molecular weight excluding hydrogens is 451 g/mol. The van der Waals surface area contributed by atoms with Crippen LogP contribution in [0.5, 0.6) is 5.75 Å². The molecule has 0 heterocycles. The van der Waals surface area contributed by atoms with E-state index in [4.69, 9.17) is 41.1 Å². The third-order valence-corrected chi connectivity index (χ3v) is 6.78. The lowest BCUT2D eigenvalue weighted by Crippen LogP contribution is -2.32. The Bertz CT molecular complexity index is 1100. The maximum atomic E-state index is 7.88. The van der Waals surface area contributed by atoms with Gasteiger partial charge in [0.25, 0.3) is 0 Å². The molecule has 0 saturated heterocycles. The van der Waals surface area contributed by atoms with Crippen molar-refractivity contribution in [1.82, 2.24) is 0 Å². The van der Waals surface area contributed by atoms with Crippen molar-refractivity contribution in [3.63, 3.8) is 0 Å². The van der Waals surface area contributed by atoms with Crippen molar-refractivity contribution in [1.29, 1.82) is 0 Å². The van der Waals surface area contributed by atoms with Gasteiger partial charge in [0.1, 0.15) is 17.7 Å². The molecule has 0 saturated carbocycles. The lowest BCUT2D eigenvalue weighted by Gasteiger charge is -2.32. The molecule has 0 spiro atoms. The van der Waals surface area contributed by atoms with Crippen LogP contribution in [0.1, 0.15) is 42.7 Å². The first-order valence-electron chi connectivity index (χ1n) is 10.8. The van der Waals surface area contributed by atoms with Crippen molar-refractivity contribution in [3.05, 3.63) is 117 Å². The fraction of sp³-hybridized carbons (Fsp3) is 0.286. The molecule has 0 N–H and O–H groups in total. The molecule has 0 fully saturated rings. The highest BCUT2D eigenvalue weighted by Gasteiger charge is 2.52. The van der Waals surface area contributed by atoms with Crippen LogP contribution in [0.4, 0.5) is 0 Å². The average molecular weight is 477 g/mol. The third-order valence-electron chi connectivity index (χ3n) is 6.12. The zero-order chi connectivity index (χ0) is 23.8. The number of halogens is 2. The standard InChI is InChI=1S/C28H26Cl2N2O/c1-5-19-28(31-2,32-3)24-10-7-6-9-22(24)23(27-25(29)11-8-12-26(27)30)18-15-20-13-16-21(33-4)17-14-20/h5,8,10-18,22-23H,1,6-7,9,19H2,4H3/b18-15+/t22-,23+/m0/s1. The number of nitrogens with zero attached hydrogens (tertiary/aromatic N) is 2. The molecule has 2 aromatic rings. The Hall–Kier alpha value is -2.98. The summed E-state index contributed by atoms with van der Waals surface area (Å²) in [5.74, 6) is 0.528. The number of benzene rings is 2. The van der Waals surface area contributed by atoms with Crippen LogP contribution in [0.25, 0.3) is 15.8 Å². The maximum absolute atomic E-state index is 7.88. The minimum atomic E-state index is -1.28. The Morgan fingerprint density at radius 1 is 1.15 bits per heavy atom. The molecule has 0 aliphatic heterocycles. The Labute approximate surface area is 206 Å². The SMILES string of the molecule is [C-]#[N+]C(CC=C)([N+]#[C-])C1=CCCC[C@H]1[C@@H](/C=C/c1ccc(OC)cc1)c1c(Cl)cccc1Cl. The summed E-state index contributed by atoms with van der Waals surface area (Å²) < 4.78 is 5.26. The van der Waals surface area contributed by atoms with Crippen LogP contribution in [-0.4, -0.2) is 12.8 Å². The van der Waals surface area contributed by atoms with Gasteiger partial charge in [-0.15, -0.1) is 6.58 Å². The Kier molecular flexibility index (Phi) is 8.40.